The minimum Gasteiger partial charge on any atom is -0.462 e. The topological polar surface area (TPSA) is 67.9 Å². The Hall–Kier alpha value is -1.14. The molecule has 0 aromatic carbocycles. The maximum absolute atomic E-state index is 12.9. The molecule has 0 saturated carbocycles. The average Bonchev–Trinajstić information content (AvgIpc) is 2.71. The summed E-state index contributed by atoms with van der Waals surface area (Å²) in [5.41, 5.74) is -0.00519. The Morgan fingerprint density at radius 2 is 1.27 bits per heavy atom. The Morgan fingerprint density at radius 1 is 0.784 bits per heavy atom. The van der Waals surface area contributed by atoms with E-state index in [2.05, 4.69) is 79.6 Å². The highest BCUT2D eigenvalue weighted by atomic mass is 16.5. The lowest BCUT2D eigenvalue weighted by atomic mass is 9.78. The number of hydrogen-bond donors (Lipinski definition) is 1. The molecule has 6 heteroatoms. The summed E-state index contributed by atoms with van der Waals surface area (Å²) in [7, 11) is 2.17. The van der Waals surface area contributed by atoms with Crippen LogP contribution in [0.1, 0.15) is 139 Å². The first kappa shape index (κ1) is 32.1. The summed E-state index contributed by atoms with van der Waals surface area (Å²) in [5, 5.41) is 3.63. The second-order valence-corrected chi connectivity index (χ2v) is 14.5. The van der Waals surface area contributed by atoms with Gasteiger partial charge in [-0.05, 0) is 81.7 Å². The lowest BCUT2D eigenvalue weighted by molar-refractivity contribution is -0.164. The Kier molecular flexibility index (Phi) is 11.1. The lowest BCUT2D eigenvalue weighted by Gasteiger charge is -2.53. The number of likely N-dealkylation sites (tertiary alicyclic amines) is 1. The first-order valence-corrected chi connectivity index (χ1v) is 14.9. The van der Waals surface area contributed by atoms with Gasteiger partial charge in [-0.1, -0.05) is 32.6 Å². The fourth-order valence-corrected chi connectivity index (χ4v) is 6.86. The zero-order chi connectivity index (χ0) is 28.1. The minimum absolute atomic E-state index is 0.00357. The molecule has 0 spiro atoms. The van der Waals surface area contributed by atoms with Gasteiger partial charge in [0.2, 0.25) is 0 Å². The summed E-state index contributed by atoms with van der Waals surface area (Å²) in [5.74, 6) is -0.0948. The van der Waals surface area contributed by atoms with Crippen LogP contribution >= 0.6 is 0 Å². The number of rotatable bonds is 12. The van der Waals surface area contributed by atoms with Crippen LogP contribution in [0, 0.1) is 5.92 Å². The van der Waals surface area contributed by atoms with E-state index < -0.39 is 0 Å². The largest absolute Gasteiger partial charge is 0.462 e. The molecule has 2 rings (SSSR count). The maximum atomic E-state index is 12.9. The van der Waals surface area contributed by atoms with Crippen molar-refractivity contribution in [3.05, 3.63) is 0 Å². The second-order valence-electron chi connectivity index (χ2n) is 14.5. The fraction of sp³-hybridized carbons (Fsp3) is 0.935. The third-order valence-corrected chi connectivity index (χ3v) is 8.76. The van der Waals surface area contributed by atoms with Crippen molar-refractivity contribution in [2.24, 2.45) is 5.92 Å². The summed E-state index contributed by atoms with van der Waals surface area (Å²) in [6, 6.07) is 0. The third kappa shape index (κ3) is 10.2. The van der Waals surface area contributed by atoms with Crippen molar-refractivity contribution in [2.75, 3.05) is 7.05 Å². The van der Waals surface area contributed by atoms with Crippen LogP contribution < -0.4 is 5.32 Å². The van der Waals surface area contributed by atoms with Gasteiger partial charge in [0.05, 0.1) is 5.92 Å². The number of nitrogens with zero attached hydrogens (tertiary/aromatic N) is 1. The van der Waals surface area contributed by atoms with Gasteiger partial charge < -0.3 is 14.8 Å². The average molecular weight is 523 g/mol. The molecule has 0 radical (unpaired) electrons. The quantitative estimate of drug-likeness (QED) is 0.225. The van der Waals surface area contributed by atoms with Gasteiger partial charge in [0.1, 0.15) is 12.2 Å². The molecule has 0 aromatic rings. The van der Waals surface area contributed by atoms with Gasteiger partial charge in [-0.15, -0.1) is 0 Å². The zero-order valence-corrected chi connectivity index (χ0v) is 25.8. The normalized spacial score (nSPS) is 24.4. The molecule has 2 saturated heterocycles. The first-order valence-electron chi connectivity index (χ1n) is 14.9. The minimum atomic E-state index is -0.0624. The summed E-state index contributed by atoms with van der Waals surface area (Å²) in [6.45, 7) is 19.7. The van der Waals surface area contributed by atoms with E-state index in [-0.39, 0.29) is 52.2 Å². The van der Waals surface area contributed by atoms with Crippen LogP contribution in [-0.4, -0.2) is 58.2 Å². The molecular formula is C31H58N2O4. The molecule has 2 fully saturated rings. The summed E-state index contributed by atoms with van der Waals surface area (Å²) in [6.07, 6.45) is 10.8. The number of carbonyl (C=O) groups excluding carboxylic acids is 2. The molecular weight excluding hydrogens is 464 g/mol. The number of esters is 2. The second kappa shape index (κ2) is 12.8. The zero-order valence-electron chi connectivity index (χ0n) is 25.8. The summed E-state index contributed by atoms with van der Waals surface area (Å²) in [4.78, 5) is 27.7. The van der Waals surface area contributed by atoms with Gasteiger partial charge in [-0.3, -0.25) is 14.5 Å². The third-order valence-electron chi connectivity index (χ3n) is 8.76. The van der Waals surface area contributed by atoms with Gasteiger partial charge in [-0.25, -0.2) is 0 Å². The molecule has 0 aliphatic carbocycles. The molecule has 37 heavy (non-hydrogen) atoms. The molecule has 1 N–H and O–H groups in total. The highest BCUT2D eigenvalue weighted by Crippen LogP contribution is 2.38. The highest BCUT2D eigenvalue weighted by Gasteiger charge is 2.44. The number of carbonyl (C=O) groups is 2. The van der Waals surface area contributed by atoms with Crippen LogP contribution in [0.2, 0.25) is 0 Å². The maximum Gasteiger partial charge on any atom is 0.309 e. The SMILES string of the molecule is CCC(CCCCCCCC(=O)OC1CC(C)(C)NC(C)(C)C1)C(=O)OC1CC(C)(C)N(C)C(C)(C)C1. The predicted octanol–water partition coefficient (Wildman–Crippen LogP) is 6.79. The summed E-state index contributed by atoms with van der Waals surface area (Å²) >= 11 is 0. The van der Waals surface area contributed by atoms with Crippen molar-refractivity contribution < 1.29 is 19.1 Å². The smallest absolute Gasteiger partial charge is 0.309 e. The van der Waals surface area contributed by atoms with E-state index in [0.717, 1.165) is 70.6 Å². The number of ether oxygens (including phenoxy) is 2. The molecule has 2 aliphatic heterocycles. The number of piperidine rings is 2. The van der Waals surface area contributed by atoms with Crippen molar-refractivity contribution in [3.8, 4) is 0 Å². The Balaban J connectivity index is 1.62. The Morgan fingerprint density at radius 3 is 1.81 bits per heavy atom. The predicted molar refractivity (Wildman–Crippen MR) is 152 cm³/mol. The van der Waals surface area contributed by atoms with Crippen LogP contribution in [0.25, 0.3) is 0 Å². The van der Waals surface area contributed by atoms with Crippen LogP contribution in [0.5, 0.6) is 0 Å². The van der Waals surface area contributed by atoms with Gasteiger partial charge in [0.25, 0.3) is 0 Å². The van der Waals surface area contributed by atoms with E-state index in [9.17, 15) is 9.59 Å². The van der Waals surface area contributed by atoms with Gasteiger partial charge in [-0.2, -0.15) is 0 Å². The molecule has 1 atom stereocenters. The van der Waals surface area contributed by atoms with Crippen molar-refractivity contribution in [1.29, 1.82) is 0 Å². The Bertz CT molecular complexity index is 724. The number of nitrogens with one attached hydrogen (secondary N) is 1. The highest BCUT2D eigenvalue weighted by molar-refractivity contribution is 5.72. The molecule has 6 nitrogen and oxygen atoms in total. The van der Waals surface area contributed by atoms with E-state index in [1.807, 2.05) is 0 Å². The molecule has 1 unspecified atom stereocenters. The number of unbranched alkanes of at least 4 members (excludes halogenated alkanes) is 4. The Labute approximate surface area is 228 Å². The molecule has 0 aromatic heterocycles. The molecule has 2 aliphatic rings. The van der Waals surface area contributed by atoms with Crippen molar-refractivity contribution in [3.63, 3.8) is 0 Å². The van der Waals surface area contributed by atoms with E-state index in [4.69, 9.17) is 9.47 Å². The molecule has 0 bridgehead atoms. The van der Waals surface area contributed by atoms with Gasteiger partial charge in [0.15, 0.2) is 0 Å². The first-order chi connectivity index (χ1) is 17.0. The molecule has 0 amide bonds. The molecule has 216 valence electrons. The van der Waals surface area contributed by atoms with Crippen molar-refractivity contribution in [1.82, 2.24) is 10.2 Å². The van der Waals surface area contributed by atoms with Crippen molar-refractivity contribution >= 4 is 11.9 Å². The molecule has 2 heterocycles. The van der Waals surface area contributed by atoms with Crippen LogP contribution in [0.15, 0.2) is 0 Å². The van der Waals surface area contributed by atoms with Crippen LogP contribution in [-0.2, 0) is 19.1 Å². The van der Waals surface area contributed by atoms with E-state index in [1.54, 1.807) is 0 Å². The van der Waals surface area contributed by atoms with Crippen LogP contribution in [0.4, 0.5) is 0 Å². The van der Waals surface area contributed by atoms with Gasteiger partial charge in [0, 0.05) is 54.3 Å². The van der Waals surface area contributed by atoms with Gasteiger partial charge >= 0.3 is 11.9 Å². The van der Waals surface area contributed by atoms with Crippen molar-refractivity contribution in [2.45, 2.75) is 174 Å². The van der Waals surface area contributed by atoms with E-state index >= 15 is 0 Å². The standard InChI is InChI=1S/C31H58N2O4/c1-11-23(27(35)37-25-21-30(6,7)33(10)31(8,9)22-25)17-15-13-12-14-16-18-26(34)36-24-19-28(2,3)32-29(4,5)20-24/h23-25,32H,11-22H2,1-10H3. The van der Waals surface area contributed by atoms with E-state index in [1.165, 1.54) is 0 Å². The number of hydrogen-bond acceptors (Lipinski definition) is 6. The van der Waals surface area contributed by atoms with E-state index in [0.29, 0.717) is 6.42 Å². The lowest BCUT2D eigenvalue weighted by Crippen LogP contribution is -2.60. The van der Waals surface area contributed by atoms with Crippen LogP contribution in [0.3, 0.4) is 0 Å². The monoisotopic (exact) mass is 522 g/mol. The fourth-order valence-electron chi connectivity index (χ4n) is 6.86. The summed E-state index contributed by atoms with van der Waals surface area (Å²) < 4.78 is 11.9.